The first kappa shape index (κ1) is 14.9. The van der Waals surface area contributed by atoms with Crippen LogP contribution in [0.1, 0.15) is 24.0 Å². The van der Waals surface area contributed by atoms with Crippen LogP contribution in [0, 0.1) is 17.6 Å². The lowest BCUT2D eigenvalue weighted by Crippen LogP contribution is -2.07. The summed E-state index contributed by atoms with van der Waals surface area (Å²) >= 11 is 0.757. The van der Waals surface area contributed by atoms with Crippen LogP contribution in [0.25, 0.3) is 20.2 Å². The van der Waals surface area contributed by atoms with Crippen molar-refractivity contribution in [1.82, 2.24) is 0 Å². The number of fused-ring (bicyclic) bond motifs is 3. The third kappa shape index (κ3) is 2.40. The van der Waals surface area contributed by atoms with Gasteiger partial charge in [-0.05, 0) is 36.8 Å². The van der Waals surface area contributed by atoms with E-state index in [0.717, 1.165) is 30.2 Å². The minimum atomic E-state index is -4.76. The summed E-state index contributed by atoms with van der Waals surface area (Å²) < 4.78 is 67.4. The van der Waals surface area contributed by atoms with Gasteiger partial charge in [-0.1, -0.05) is 18.2 Å². The molecule has 2 aromatic carbocycles. The van der Waals surface area contributed by atoms with Gasteiger partial charge in [-0.2, -0.15) is 13.2 Å². The van der Waals surface area contributed by atoms with Crippen molar-refractivity contribution in [1.29, 1.82) is 0 Å². The molecule has 0 nitrogen and oxygen atoms in total. The highest BCUT2D eigenvalue weighted by molar-refractivity contribution is 7.25. The maximum atomic E-state index is 14.6. The fourth-order valence-corrected chi connectivity index (χ4v) is 4.09. The number of alkyl halides is 3. The molecule has 0 aliphatic heterocycles. The zero-order valence-electron chi connectivity index (χ0n) is 11.8. The van der Waals surface area contributed by atoms with Gasteiger partial charge in [-0.3, -0.25) is 0 Å². The van der Waals surface area contributed by atoms with Crippen molar-refractivity contribution in [2.24, 2.45) is 5.92 Å². The molecule has 1 saturated carbocycles. The van der Waals surface area contributed by atoms with Gasteiger partial charge >= 0.3 is 6.18 Å². The fourth-order valence-electron chi connectivity index (χ4n) is 2.89. The van der Waals surface area contributed by atoms with E-state index in [2.05, 4.69) is 0 Å². The summed E-state index contributed by atoms with van der Waals surface area (Å²) in [6.07, 6.45) is -1.97. The average Bonchev–Trinajstić information content (AvgIpc) is 3.20. The average molecular weight is 342 g/mol. The summed E-state index contributed by atoms with van der Waals surface area (Å²) in [5.74, 6) is -1.26. The monoisotopic (exact) mass is 342 g/mol. The van der Waals surface area contributed by atoms with E-state index >= 15 is 0 Å². The van der Waals surface area contributed by atoms with E-state index in [-0.39, 0.29) is 9.40 Å². The molecule has 0 saturated heterocycles. The summed E-state index contributed by atoms with van der Waals surface area (Å²) in [4.78, 5) is 0. The van der Waals surface area contributed by atoms with Crippen molar-refractivity contribution >= 4 is 31.5 Å². The van der Waals surface area contributed by atoms with Crippen LogP contribution >= 0.6 is 11.3 Å². The lowest BCUT2D eigenvalue weighted by molar-refractivity contribution is -0.139. The summed E-state index contributed by atoms with van der Waals surface area (Å²) in [5, 5.41) is 0.794. The highest BCUT2D eigenvalue weighted by Gasteiger charge is 2.35. The van der Waals surface area contributed by atoms with E-state index in [1.165, 1.54) is 6.07 Å². The number of benzene rings is 2. The number of hydrogen-bond donors (Lipinski definition) is 0. The first-order valence-corrected chi connectivity index (χ1v) is 8.07. The van der Waals surface area contributed by atoms with Crippen molar-refractivity contribution in [2.75, 3.05) is 0 Å². The van der Waals surface area contributed by atoms with Crippen LogP contribution in [0.4, 0.5) is 22.0 Å². The highest BCUT2D eigenvalue weighted by Crippen LogP contribution is 2.43. The van der Waals surface area contributed by atoms with Gasteiger partial charge in [0, 0.05) is 10.8 Å². The molecule has 23 heavy (non-hydrogen) atoms. The summed E-state index contributed by atoms with van der Waals surface area (Å²) in [6, 6.07) is 5.29. The molecule has 1 aliphatic carbocycles. The van der Waals surface area contributed by atoms with Crippen molar-refractivity contribution in [3.63, 3.8) is 0 Å². The van der Waals surface area contributed by atoms with Gasteiger partial charge in [0.15, 0.2) is 5.82 Å². The van der Waals surface area contributed by atoms with Crippen LogP contribution in [-0.2, 0) is 12.6 Å². The number of rotatable bonds is 2. The minimum absolute atomic E-state index is 0.141. The van der Waals surface area contributed by atoms with E-state index < -0.39 is 23.4 Å². The van der Waals surface area contributed by atoms with Gasteiger partial charge in [0.25, 0.3) is 0 Å². The maximum Gasteiger partial charge on any atom is 0.419 e. The van der Waals surface area contributed by atoms with Crippen LogP contribution < -0.4 is 0 Å². The maximum absolute atomic E-state index is 14.6. The Hall–Kier alpha value is -1.69. The van der Waals surface area contributed by atoms with E-state index in [1.54, 1.807) is 12.1 Å². The molecule has 3 aromatic rings. The van der Waals surface area contributed by atoms with Gasteiger partial charge in [0.1, 0.15) is 5.82 Å². The van der Waals surface area contributed by atoms with Gasteiger partial charge in [-0.15, -0.1) is 11.3 Å². The van der Waals surface area contributed by atoms with Crippen LogP contribution in [0.3, 0.4) is 0 Å². The fraction of sp³-hybridized carbons (Fsp3) is 0.294. The minimum Gasteiger partial charge on any atom is -0.205 e. The Kier molecular flexibility index (Phi) is 3.17. The zero-order valence-corrected chi connectivity index (χ0v) is 12.6. The Bertz CT molecular complexity index is 918. The molecular weight excluding hydrogens is 331 g/mol. The summed E-state index contributed by atoms with van der Waals surface area (Å²) in [5.41, 5.74) is -0.752. The number of halogens is 5. The summed E-state index contributed by atoms with van der Waals surface area (Å²) in [6.45, 7) is 0. The third-order valence-corrected chi connectivity index (χ3v) is 5.49. The molecule has 1 heterocycles. The van der Waals surface area contributed by atoms with Crippen molar-refractivity contribution in [3.05, 3.63) is 47.0 Å². The Morgan fingerprint density at radius 3 is 2.13 bits per heavy atom. The SMILES string of the molecule is Fc1c(CC2CC2)ccc2c1sc1c(F)c(C(F)(F)F)ccc12. The second kappa shape index (κ2) is 4.90. The lowest BCUT2D eigenvalue weighted by Gasteiger charge is -2.07. The smallest absolute Gasteiger partial charge is 0.205 e. The van der Waals surface area contributed by atoms with E-state index in [1.807, 2.05) is 0 Å². The Morgan fingerprint density at radius 2 is 1.52 bits per heavy atom. The van der Waals surface area contributed by atoms with E-state index in [0.29, 0.717) is 28.7 Å². The topological polar surface area (TPSA) is 0 Å². The molecule has 1 aromatic heterocycles. The van der Waals surface area contributed by atoms with E-state index in [9.17, 15) is 22.0 Å². The Morgan fingerprint density at radius 1 is 0.913 bits per heavy atom. The second-order valence-corrected chi connectivity index (χ2v) is 6.99. The molecule has 0 bridgehead atoms. The molecule has 1 fully saturated rings. The van der Waals surface area contributed by atoms with Gasteiger partial charge in [0.05, 0.1) is 15.0 Å². The molecule has 6 heteroatoms. The first-order valence-electron chi connectivity index (χ1n) is 7.25. The predicted molar refractivity (Wildman–Crippen MR) is 80.7 cm³/mol. The molecule has 120 valence electrons. The molecule has 0 amide bonds. The molecular formula is C17H11F5S. The van der Waals surface area contributed by atoms with Crippen LogP contribution in [-0.4, -0.2) is 0 Å². The van der Waals surface area contributed by atoms with Crippen LogP contribution in [0.15, 0.2) is 24.3 Å². The van der Waals surface area contributed by atoms with Gasteiger partial charge < -0.3 is 0 Å². The van der Waals surface area contributed by atoms with Crippen molar-refractivity contribution < 1.29 is 22.0 Å². The molecule has 0 atom stereocenters. The normalized spacial score (nSPS) is 15.7. The van der Waals surface area contributed by atoms with Crippen molar-refractivity contribution in [2.45, 2.75) is 25.4 Å². The highest BCUT2D eigenvalue weighted by atomic mass is 32.1. The quantitative estimate of drug-likeness (QED) is 0.479. The van der Waals surface area contributed by atoms with Crippen LogP contribution in [0.2, 0.25) is 0 Å². The van der Waals surface area contributed by atoms with Crippen LogP contribution in [0.5, 0.6) is 0 Å². The first-order chi connectivity index (χ1) is 10.9. The standard InChI is InChI=1S/C17H11F5S/c18-13-9(7-8-1-2-8)3-4-10-11-5-6-12(17(20,21)22)14(19)16(11)23-15(10)13/h3-6,8H,1-2,7H2. The van der Waals surface area contributed by atoms with Gasteiger partial charge in [0.2, 0.25) is 0 Å². The van der Waals surface area contributed by atoms with Crippen molar-refractivity contribution in [3.8, 4) is 0 Å². The third-order valence-electron chi connectivity index (χ3n) is 4.28. The molecule has 1 aliphatic rings. The Labute approximate surface area is 132 Å². The summed E-state index contributed by atoms with van der Waals surface area (Å²) in [7, 11) is 0. The molecule has 0 spiro atoms. The zero-order chi connectivity index (χ0) is 16.4. The molecule has 0 unspecified atom stereocenters. The second-order valence-electron chi connectivity index (χ2n) is 5.97. The number of hydrogen-bond acceptors (Lipinski definition) is 1. The molecule has 0 N–H and O–H groups in total. The largest absolute Gasteiger partial charge is 0.419 e. The van der Waals surface area contributed by atoms with Gasteiger partial charge in [-0.25, -0.2) is 8.78 Å². The number of thiophene rings is 1. The lowest BCUT2D eigenvalue weighted by atomic mass is 10.0. The molecule has 4 rings (SSSR count). The Balaban J connectivity index is 1.96. The van der Waals surface area contributed by atoms with E-state index in [4.69, 9.17) is 0 Å². The predicted octanol–water partition coefficient (Wildman–Crippen LogP) is 6.30. The molecule has 0 radical (unpaired) electrons.